The number of aliphatic hydroxyl groups excluding tert-OH is 1. The normalized spacial score (nSPS) is 14.2. The van der Waals surface area contributed by atoms with Crippen LogP contribution in [-0.4, -0.2) is 11.7 Å². The van der Waals surface area contributed by atoms with Crippen LogP contribution in [0.5, 0.6) is 0 Å². The lowest BCUT2D eigenvalue weighted by Gasteiger charge is -2.22. The number of benzene rings is 1. The van der Waals surface area contributed by atoms with E-state index in [9.17, 15) is 9.50 Å². The Balaban J connectivity index is 2.31. The second-order valence-corrected chi connectivity index (χ2v) is 6.22. The van der Waals surface area contributed by atoms with Gasteiger partial charge < -0.3 is 10.8 Å². The lowest BCUT2D eigenvalue weighted by atomic mass is 9.92. The minimum absolute atomic E-state index is 0.242. The highest BCUT2D eigenvalue weighted by Crippen LogP contribution is 2.37. The van der Waals surface area contributed by atoms with Crippen molar-refractivity contribution in [2.45, 2.75) is 25.4 Å². The first-order chi connectivity index (χ1) is 9.56. The van der Waals surface area contributed by atoms with Gasteiger partial charge in [-0.15, -0.1) is 11.3 Å². The molecule has 2 nitrogen and oxygen atoms in total. The Kier molecular flexibility index (Phi) is 5.16. The van der Waals surface area contributed by atoms with Gasteiger partial charge in [0.15, 0.2) is 0 Å². The van der Waals surface area contributed by atoms with E-state index >= 15 is 0 Å². The van der Waals surface area contributed by atoms with Crippen molar-refractivity contribution < 1.29 is 9.50 Å². The predicted octanol–water partition coefficient (Wildman–Crippen LogP) is 3.88. The van der Waals surface area contributed by atoms with E-state index in [4.69, 9.17) is 17.3 Å². The summed E-state index contributed by atoms with van der Waals surface area (Å²) in [6.07, 6.45) is 0.204. The maximum atomic E-state index is 13.1. The first-order valence-corrected chi connectivity index (χ1v) is 7.68. The number of halogens is 2. The number of hydrogen-bond acceptors (Lipinski definition) is 3. The second-order valence-electron chi connectivity index (χ2n) is 4.61. The molecule has 2 rings (SSSR count). The number of hydrogen-bond donors (Lipinski definition) is 2. The third kappa shape index (κ3) is 3.20. The molecule has 1 aromatic heterocycles. The van der Waals surface area contributed by atoms with Crippen molar-refractivity contribution in [1.82, 2.24) is 0 Å². The third-order valence-corrected chi connectivity index (χ3v) is 4.95. The van der Waals surface area contributed by atoms with Crippen LogP contribution < -0.4 is 5.73 Å². The Morgan fingerprint density at radius 2 is 2.10 bits per heavy atom. The monoisotopic (exact) mass is 313 g/mol. The first kappa shape index (κ1) is 15.4. The highest BCUT2D eigenvalue weighted by atomic mass is 35.5. The van der Waals surface area contributed by atoms with Crippen LogP contribution in [0.2, 0.25) is 5.02 Å². The smallest absolute Gasteiger partial charge is 0.124 e. The Morgan fingerprint density at radius 3 is 2.65 bits per heavy atom. The summed E-state index contributed by atoms with van der Waals surface area (Å²) in [4.78, 5) is 2.07. The van der Waals surface area contributed by atoms with Crippen molar-refractivity contribution in [3.05, 3.63) is 56.5 Å². The van der Waals surface area contributed by atoms with E-state index in [1.807, 2.05) is 12.1 Å². The molecule has 0 amide bonds. The largest absolute Gasteiger partial charge is 0.387 e. The van der Waals surface area contributed by atoms with E-state index in [1.54, 1.807) is 17.4 Å². The molecule has 20 heavy (non-hydrogen) atoms. The number of aliphatic hydroxyl groups is 1. The van der Waals surface area contributed by atoms with Gasteiger partial charge in [0.1, 0.15) is 5.82 Å². The summed E-state index contributed by atoms with van der Waals surface area (Å²) in [5, 5.41) is 10.8. The quantitative estimate of drug-likeness (QED) is 0.880. The van der Waals surface area contributed by atoms with Gasteiger partial charge in [-0.25, -0.2) is 4.39 Å². The van der Waals surface area contributed by atoms with Crippen LogP contribution in [0.15, 0.2) is 30.3 Å². The van der Waals surface area contributed by atoms with Crippen LogP contribution >= 0.6 is 22.9 Å². The summed E-state index contributed by atoms with van der Waals surface area (Å²) in [6.45, 7) is 2.31. The lowest BCUT2D eigenvalue weighted by molar-refractivity contribution is 0.151. The summed E-state index contributed by atoms with van der Waals surface area (Å²) in [5.74, 6) is -0.736. The van der Waals surface area contributed by atoms with Crippen molar-refractivity contribution in [3.8, 4) is 0 Å². The number of rotatable bonds is 5. The van der Waals surface area contributed by atoms with Crippen molar-refractivity contribution in [3.63, 3.8) is 0 Å². The zero-order chi connectivity index (χ0) is 14.7. The van der Waals surface area contributed by atoms with Crippen LogP contribution in [0.25, 0.3) is 0 Å². The molecule has 0 aliphatic rings. The fraction of sp³-hybridized carbons (Fsp3) is 0.333. The highest BCUT2D eigenvalue weighted by Gasteiger charge is 2.25. The van der Waals surface area contributed by atoms with E-state index < -0.39 is 11.9 Å². The second kappa shape index (κ2) is 6.68. The molecule has 5 heteroatoms. The Hall–Kier alpha value is -0.940. The zero-order valence-electron chi connectivity index (χ0n) is 11.1. The summed E-state index contributed by atoms with van der Waals surface area (Å²) in [5.41, 5.74) is 6.46. The topological polar surface area (TPSA) is 46.2 Å². The van der Waals surface area contributed by atoms with Crippen LogP contribution in [-0.2, 0) is 6.42 Å². The van der Waals surface area contributed by atoms with E-state index in [-0.39, 0.29) is 12.5 Å². The van der Waals surface area contributed by atoms with Gasteiger partial charge in [0.2, 0.25) is 0 Å². The maximum Gasteiger partial charge on any atom is 0.124 e. The average molecular weight is 314 g/mol. The minimum Gasteiger partial charge on any atom is -0.387 e. The summed E-state index contributed by atoms with van der Waals surface area (Å²) < 4.78 is 13.1. The van der Waals surface area contributed by atoms with E-state index in [2.05, 4.69) is 6.92 Å². The lowest BCUT2D eigenvalue weighted by Crippen LogP contribution is -2.20. The molecule has 1 aromatic carbocycles. The van der Waals surface area contributed by atoms with E-state index in [0.717, 1.165) is 11.3 Å². The molecule has 2 atom stereocenters. The first-order valence-electron chi connectivity index (χ1n) is 6.48. The van der Waals surface area contributed by atoms with Gasteiger partial charge >= 0.3 is 0 Å². The number of thiophene rings is 1. The van der Waals surface area contributed by atoms with Gasteiger partial charge in [0.05, 0.1) is 6.10 Å². The van der Waals surface area contributed by atoms with Crippen LogP contribution in [0.3, 0.4) is 0 Å². The molecule has 0 saturated heterocycles. The van der Waals surface area contributed by atoms with E-state index in [0.29, 0.717) is 10.6 Å². The van der Waals surface area contributed by atoms with Gasteiger partial charge in [-0.05, 0) is 36.2 Å². The molecule has 3 N–H and O–H groups in total. The third-order valence-electron chi connectivity index (χ3n) is 3.32. The van der Waals surface area contributed by atoms with Gasteiger partial charge in [0.25, 0.3) is 0 Å². The summed E-state index contributed by atoms with van der Waals surface area (Å²) in [6, 6.07) is 8.09. The molecule has 0 aliphatic carbocycles. The van der Waals surface area contributed by atoms with Crippen molar-refractivity contribution >= 4 is 22.9 Å². The standard InChI is InChI=1S/C15H17ClFNOS/c1-2-10-4-6-14(20-10)15(19)12(8-18)11-5-3-9(17)7-13(11)16/h3-7,12,15,19H,2,8,18H2,1H3. The van der Waals surface area contributed by atoms with Crippen LogP contribution in [0, 0.1) is 5.82 Å². The van der Waals surface area contributed by atoms with Crippen molar-refractivity contribution in [1.29, 1.82) is 0 Å². The predicted molar refractivity (Wildman–Crippen MR) is 81.9 cm³/mol. The molecule has 0 aliphatic heterocycles. The maximum absolute atomic E-state index is 13.1. The summed E-state index contributed by atoms with van der Waals surface area (Å²) >= 11 is 7.63. The fourth-order valence-corrected chi connectivity index (χ4v) is 3.48. The van der Waals surface area contributed by atoms with Gasteiger partial charge in [-0.3, -0.25) is 0 Å². The zero-order valence-corrected chi connectivity index (χ0v) is 12.7. The number of aryl methyl sites for hydroxylation is 1. The van der Waals surface area contributed by atoms with Gasteiger partial charge in [-0.1, -0.05) is 24.6 Å². The molecule has 0 bridgehead atoms. The molecule has 1 heterocycles. The molecule has 2 aromatic rings. The van der Waals surface area contributed by atoms with Crippen molar-refractivity contribution in [2.75, 3.05) is 6.54 Å². The van der Waals surface area contributed by atoms with Crippen LogP contribution in [0.1, 0.15) is 34.3 Å². The van der Waals surface area contributed by atoms with Crippen LogP contribution in [0.4, 0.5) is 4.39 Å². The molecule has 0 radical (unpaired) electrons. The summed E-state index contributed by atoms with van der Waals surface area (Å²) in [7, 11) is 0. The van der Waals surface area contributed by atoms with Crippen molar-refractivity contribution in [2.24, 2.45) is 5.73 Å². The minimum atomic E-state index is -0.728. The Morgan fingerprint density at radius 1 is 1.35 bits per heavy atom. The molecular formula is C15H17ClFNOS. The molecule has 0 spiro atoms. The number of nitrogens with two attached hydrogens (primary N) is 1. The molecule has 0 saturated carbocycles. The molecule has 2 unspecified atom stereocenters. The SMILES string of the molecule is CCc1ccc(C(O)C(CN)c2ccc(F)cc2Cl)s1. The fourth-order valence-electron chi connectivity index (χ4n) is 2.17. The molecule has 108 valence electrons. The highest BCUT2D eigenvalue weighted by molar-refractivity contribution is 7.12. The van der Waals surface area contributed by atoms with E-state index in [1.165, 1.54) is 17.0 Å². The van der Waals surface area contributed by atoms with Gasteiger partial charge in [0, 0.05) is 27.2 Å². The van der Waals surface area contributed by atoms with Gasteiger partial charge in [-0.2, -0.15) is 0 Å². The Labute approximate surface area is 127 Å². The molecular weight excluding hydrogens is 297 g/mol. The molecule has 0 fully saturated rings. The Bertz CT molecular complexity index is 587. The average Bonchev–Trinajstić information content (AvgIpc) is 2.90.